The van der Waals surface area contributed by atoms with Crippen molar-refractivity contribution in [3.05, 3.63) is 23.8 Å². The lowest BCUT2D eigenvalue weighted by Crippen LogP contribution is -2.27. The molecule has 1 aliphatic carbocycles. The van der Waals surface area contributed by atoms with E-state index in [0.717, 1.165) is 43.5 Å². The average molecular weight is 261 g/mol. The summed E-state index contributed by atoms with van der Waals surface area (Å²) in [7, 11) is 0. The van der Waals surface area contributed by atoms with E-state index in [1.165, 1.54) is 31.2 Å². The molecule has 0 aromatic heterocycles. The van der Waals surface area contributed by atoms with Gasteiger partial charge in [0.15, 0.2) is 11.5 Å². The Hall–Kier alpha value is -1.22. The number of nitrogens with two attached hydrogens (primary N) is 1. The summed E-state index contributed by atoms with van der Waals surface area (Å²) in [5.74, 6) is 2.60. The van der Waals surface area contributed by atoms with Gasteiger partial charge in [0.1, 0.15) is 0 Å². The molecule has 0 spiro atoms. The summed E-state index contributed by atoms with van der Waals surface area (Å²) in [6.45, 7) is 1.52. The Kier molecular flexibility index (Phi) is 3.92. The summed E-state index contributed by atoms with van der Waals surface area (Å²) in [5, 5.41) is 0. The predicted molar refractivity (Wildman–Crippen MR) is 75.7 cm³/mol. The first-order valence-electron chi connectivity index (χ1n) is 7.45. The summed E-state index contributed by atoms with van der Waals surface area (Å²) >= 11 is 0. The van der Waals surface area contributed by atoms with Crippen LogP contribution >= 0.6 is 0 Å². The fourth-order valence-corrected chi connectivity index (χ4v) is 3.06. The SMILES string of the molecule is NC1CCC(Cc2ccc3c(c2)OCCCO3)CC1. The van der Waals surface area contributed by atoms with Gasteiger partial charge in [0.2, 0.25) is 0 Å². The van der Waals surface area contributed by atoms with Gasteiger partial charge in [-0.05, 0) is 55.7 Å². The number of ether oxygens (including phenoxy) is 2. The molecule has 0 saturated heterocycles. The molecule has 1 fully saturated rings. The third kappa shape index (κ3) is 3.21. The van der Waals surface area contributed by atoms with Gasteiger partial charge in [-0.2, -0.15) is 0 Å². The van der Waals surface area contributed by atoms with Gasteiger partial charge in [-0.1, -0.05) is 6.07 Å². The standard InChI is InChI=1S/C16H23NO2/c17-14-5-2-12(3-6-14)10-13-4-7-15-16(11-13)19-9-1-8-18-15/h4,7,11-12,14H,1-3,5-6,8-10,17H2. The second-order valence-electron chi connectivity index (χ2n) is 5.82. The second-order valence-corrected chi connectivity index (χ2v) is 5.82. The first-order valence-corrected chi connectivity index (χ1v) is 7.45. The Morgan fingerprint density at radius 1 is 1.00 bits per heavy atom. The summed E-state index contributed by atoms with van der Waals surface area (Å²) in [6, 6.07) is 6.84. The molecule has 1 aliphatic heterocycles. The fourth-order valence-electron chi connectivity index (χ4n) is 3.06. The minimum absolute atomic E-state index is 0.431. The number of hydrogen-bond donors (Lipinski definition) is 1. The van der Waals surface area contributed by atoms with Crippen molar-refractivity contribution in [3.8, 4) is 11.5 Å². The summed E-state index contributed by atoms with van der Waals surface area (Å²) < 4.78 is 11.4. The van der Waals surface area contributed by atoms with Gasteiger partial charge in [-0.3, -0.25) is 0 Å². The number of hydrogen-bond acceptors (Lipinski definition) is 3. The van der Waals surface area contributed by atoms with Gasteiger partial charge in [-0.25, -0.2) is 0 Å². The average Bonchev–Trinajstić information content (AvgIpc) is 2.66. The van der Waals surface area contributed by atoms with E-state index in [-0.39, 0.29) is 0 Å². The van der Waals surface area contributed by atoms with E-state index in [1.54, 1.807) is 0 Å². The number of rotatable bonds is 2. The van der Waals surface area contributed by atoms with E-state index in [4.69, 9.17) is 15.2 Å². The molecule has 0 atom stereocenters. The van der Waals surface area contributed by atoms with Gasteiger partial charge >= 0.3 is 0 Å². The van der Waals surface area contributed by atoms with Crippen LogP contribution in [0.15, 0.2) is 18.2 Å². The highest BCUT2D eigenvalue weighted by atomic mass is 16.5. The van der Waals surface area contributed by atoms with Crippen LogP contribution in [0.2, 0.25) is 0 Å². The van der Waals surface area contributed by atoms with Crippen molar-refractivity contribution in [2.24, 2.45) is 11.7 Å². The van der Waals surface area contributed by atoms with Crippen LogP contribution < -0.4 is 15.2 Å². The minimum Gasteiger partial charge on any atom is -0.490 e. The Bertz CT molecular complexity index is 425. The van der Waals surface area contributed by atoms with Crippen LogP contribution in [0.25, 0.3) is 0 Å². The topological polar surface area (TPSA) is 44.5 Å². The molecule has 0 bridgehead atoms. The minimum atomic E-state index is 0.431. The lowest BCUT2D eigenvalue weighted by Gasteiger charge is -2.26. The monoisotopic (exact) mass is 261 g/mol. The van der Waals surface area contributed by atoms with Gasteiger partial charge in [0, 0.05) is 12.5 Å². The maximum Gasteiger partial charge on any atom is 0.161 e. The molecular weight excluding hydrogens is 238 g/mol. The molecular formula is C16H23NO2. The number of fused-ring (bicyclic) bond motifs is 1. The fraction of sp³-hybridized carbons (Fsp3) is 0.625. The molecule has 1 saturated carbocycles. The molecule has 3 rings (SSSR count). The molecule has 104 valence electrons. The van der Waals surface area contributed by atoms with Crippen molar-refractivity contribution in [2.45, 2.75) is 44.6 Å². The van der Waals surface area contributed by atoms with Crippen LogP contribution in [0.5, 0.6) is 11.5 Å². The lowest BCUT2D eigenvalue weighted by atomic mass is 9.83. The smallest absolute Gasteiger partial charge is 0.161 e. The Balaban J connectivity index is 1.66. The molecule has 3 heteroatoms. The molecule has 1 heterocycles. The normalized spacial score (nSPS) is 26.8. The zero-order valence-electron chi connectivity index (χ0n) is 11.4. The third-order valence-electron chi connectivity index (χ3n) is 4.23. The van der Waals surface area contributed by atoms with E-state index < -0.39 is 0 Å². The zero-order chi connectivity index (χ0) is 13.1. The van der Waals surface area contributed by atoms with Crippen molar-refractivity contribution >= 4 is 0 Å². The van der Waals surface area contributed by atoms with E-state index in [9.17, 15) is 0 Å². The largest absolute Gasteiger partial charge is 0.490 e. The molecule has 1 aromatic rings. The molecule has 3 nitrogen and oxygen atoms in total. The molecule has 0 radical (unpaired) electrons. The van der Waals surface area contributed by atoms with Crippen molar-refractivity contribution < 1.29 is 9.47 Å². The van der Waals surface area contributed by atoms with Gasteiger partial charge < -0.3 is 15.2 Å². The van der Waals surface area contributed by atoms with Crippen LogP contribution in [0.1, 0.15) is 37.7 Å². The molecule has 19 heavy (non-hydrogen) atoms. The Labute approximate surface area is 115 Å². The molecule has 0 unspecified atom stereocenters. The van der Waals surface area contributed by atoms with Gasteiger partial charge in [0.25, 0.3) is 0 Å². The van der Waals surface area contributed by atoms with E-state index in [2.05, 4.69) is 18.2 Å². The maximum absolute atomic E-state index is 5.96. The maximum atomic E-state index is 5.96. The predicted octanol–water partition coefficient (Wildman–Crippen LogP) is 2.91. The third-order valence-corrected chi connectivity index (χ3v) is 4.23. The van der Waals surface area contributed by atoms with Crippen molar-refractivity contribution in [3.63, 3.8) is 0 Å². The zero-order valence-corrected chi connectivity index (χ0v) is 11.4. The first-order chi connectivity index (χ1) is 9.31. The highest BCUT2D eigenvalue weighted by molar-refractivity contribution is 5.43. The van der Waals surface area contributed by atoms with Crippen LogP contribution in [0.4, 0.5) is 0 Å². The van der Waals surface area contributed by atoms with Crippen molar-refractivity contribution in [1.29, 1.82) is 0 Å². The van der Waals surface area contributed by atoms with E-state index in [0.29, 0.717) is 6.04 Å². The van der Waals surface area contributed by atoms with Gasteiger partial charge in [-0.15, -0.1) is 0 Å². The summed E-state index contributed by atoms with van der Waals surface area (Å²) in [4.78, 5) is 0. The first kappa shape index (κ1) is 12.8. The van der Waals surface area contributed by atoms with E-state index >= 15 is 0 Å². The van der Waals surface area contributed by atoms with Crippen LogP contribution in [0.3, 0.4) is 0 Å². The molecule has 0 amide bonds. The highest BCUT2D eigenvalue weighted by Gasteiger charge is 2.19. The Morgan fingerprint density at radius 2 is 1.74 bits per heavy atom. The summed E-state index contributed by atoms with van der Waals surface area (Å²) in [5.41, 5.74) is 7.33. The number of benzene rings is 1. The second kappa shape index (κ2) is 5.83. The van der Waals surface area contributed by atoms with Crippen LogP contribution in [0, 0.1) is 5.92 Å². The Morgan fingerprint density at radius 3 is 2.53 bits per heavy atom. The van der Waals surface area contributed by atoms with Crippen LogP contribution in [-0.4, -0.2) is 19.3 Å². The lowest BCUT2D eigenvalue weighted by molar-refractivity contribution is 0.296. The van der Waals surface area contributed by atoms with E-state index in [1.807, 2.05) is 0 Å². The van der Waals surface area contributed by atoms with Crippen molar-refractivity contribution in [1.82, 2.24) is 0 Å². The van der Waals surface area contributed by atoms with Crippen LogP contribution in [-0.2, 0) is 6.42 Å². The summed E-state index contributed by atoms with van der Waals surface area (Å²) in [6.07, 6.45) is 6.98. The van der Waals surface area contributed by atoms with Crippen molar-refractivity contribution in [2.75, 3.05) is 13.2 Å². The highest BCUT2D eigenvalue weighted by Crippen LogP contribution is 2.33. The molecule has 2 aliphatic rings. The van der Waals surface area contributed by atoms with Gasteiger partial charge in [0.05, 0.1) is 13.2 Å². The quantitative estimate of drug-likeness (QED) is 0.890. The molecule has 2 N–H and O–H groups in total. The molecule has 1 aromatic carbocycles.